The van der Waals surface area contributed by atoms with E-state index in [1.54, 1.807) is 6.92 Å². The first-order chi connectivity index (χ1) is 8.02. The quantitative estimate of drug-likeness (QED) is 0.866. The Labute approximate surface area is 106 Å². The van der Waals surface area contributed by atoms with Crippen LogP contribution >= 0.6 is 15.9 Å². The van der Waals surface area contributed by atoms with Gasteiger partial charge in [-0.1, -0.05) is 15.9 Å². The van der Waals surface area contributed by atoms with E-state index in [-0.39, 0.29) is 17.9 Å². The van der Waals surface area contributed by atoms with Gasteiger partial charge in [-0.25, -0.2) is 9.18 Å². The Kier molecular flexibility index (Phi) is 4.89. The van der Waals surface area contributed by atoms with Crippen LogP contribution < -0.4 is 4.74 Å². The van der Waals surface area contributed by atoms with Crippen molar-refractivity contribution in [2.24, 2.45) is 0 Å². The maximum absolute atomic E-state index is 13.4. The monoisotopic (exact) mass is 306 g/mol. The molecule has 1 unspecified atom stereocenters. The van der Waals surface area contributed by atoms with E-state index in [1.165, 1.54) is 19.2 Å². The van der Waals surface area contributed by atoms with Crippen molar-refractivity contribution in [2.45, 2.75) is 13.0 Å². The van der Waals surface area contributed by atoms with Gasteiger partial charge in [0.05, 0.1) is 19.3 Å². The third-order valence-corrected chi connectivity index (χ3v) is 2.77. The fourth-order valence-electron chi connectivity index (χ4n) is 1.35. The van der Waals surface area contributed by atoms with Gasteiger partial charge < -0.3 is 14.6 Å². The van der Waals surface area contributed by atoms with Gasteiger partial charge in [-0.3, -0.25) is 0 Å². The smallest absolute Gasteiger partial charge is 0.339 e. The van der Waals surface area contributed by atoms with Crippen molar-refractivity contribution in [3.8, 4) is 5.75 Å². The van der Waals surface area contributed by atoms with Gasteiger partial charge in [-0.05, 0) is 19.1 Å². The van der Waals surface area contributed by atoms with Gasteiger partial charge in [0, 0.05) is 4.47 Å². The number of aliphatic hydroxyl groups excluding tert-OH is 1. The van der Waals surface area contributed by atoms with Crippen molar-refractivity contribution in [1.82, 2.24) is 0 Å². The molecule has 4 nitrogen and oxygen atoms in total. The van der Waals surface area contributed by atoms with Crippen LogP contribution in [0.2, 0.25) is 0 Å². The number of halogens is 2. The van der Waals surface area contributed by atoms with Crippen LogP contribution in [-0.2, 0) is 9.53 Å². The number of benzene rings is 1. The van der Waals surface area contributed by atoms with E-state index in [9.17, 15) is 14.3 Å². The molecule has 0 heterocycles. The number of carbonyl (C=O) groups excluding carboxylic acids is 1. The fraction of sp³-hybridized carbons (Fsp3) is 0.364. The lowest BCUT2D eigenvalue weighted by molar-refractivity contribution is -0.153. The number of hydrogen-bond acceptors (Lipinski definition) is 4. The molecule has 0 aliphatic heterocycles. The minimum atomic E-state index is -1.59. The van der Waals surface area contributed by atoms with Gasteiger partial charge in [0.1, 0.15) is 0 Å². The lowest BCUT2D eigenvalue weighted by atomic mass is 10.1. The van der Waals surface area contributed by atoms with Crippen LogP contribution in [0.1, 0.15) is 18.6 Å². The molecule has 1 aromatic rings. The summed E-state index contributed by atoms with van der Waals surface area (Å²) in [5.41, 5.74) is 0.0194. The fourth-order valence-corrected chi connectivity index (χ4v) is 1.88. The summed E-state index contributed by atoms with van der Waals surface area (Å²) in [6.45, 7) is 1.74. The number of methoxy groups -OCH3 is 1. The molecule has 0 bridgehead atoms. The average molecular weight is 307 g/mol. The normalized spacial score (nSPS) is 12.1. The zero-order valence-corrected chi connectivity index (χ0v) is 11.0. The van der Waals surface area contributed by atoms with Crippen molar-refractivity contribution in [3.63, 3.8) is 0 Å². The Bertz CT molecular complexity index is 422. The predicted octanol–water partition coefficient (Wildman–Crippen LogP) is 2.19. The Balaban J connectivity index is 3.20. The zero-order valence-electron chi connectivity index (χ0n) is 9.37. The second kappa shape index (κ2) is 5.97. The van der Waals surface area contributed by atoms with E-state index in [4.69, 9.17) is 4.74 Å². The van der Waals surface area contributed by atoms with Gasteiger partial charge in [-0.15, -0.1) is 0 Å². The standard InChI is InChI=1S/C11H12BrFO4/c1-3-17-11(15)9(14)8-6(12)4-5-7(13)10(8)16-2/h4-5,9,14H,3H2,1-2H3. The molecule has 1 rings (SSSR count). The topological polar surface area (TPSA) is 55.8 Å². The highest BCUT2D eigenvalue weighted by Gasteiger charge is 2.27. The molecule has 1 atom stereocenters. The lowest BCUT2D eigenvalue weighted by Crippen LogP contribution is -2.17. The van der Waals surface area contributed by atoms with E-state index >= 15 is 0 Å². The second-order valence-electron chi connectivity index (χ2n) is 3.13. The minimum Gasteiger partial charge on any atom is -0.493 e. The van der Waals surface area contributed by atoms with Crippen molar-refractivity contribution >= 4 is 21.9 Å². The third kappa shape index (κ3) is 2.95. The first-order valence-electron chi connectivity index (χ1n) is 4.89. The molecule has 1 N–H and O–H groups in total. The molecule has 17 heavy (non-hydrogen) atoms. The summed E-state index contributed by atoms with van der Waals surface area (Å²) in [6.07, 6.45) is -1.59. The highest BCUT2D eigenvalue weighted by atomic mass is 79.9. The number of rotatable bonds is 4. The lowest BCUT2D eigenvalue weighted by Gasteiger charge is -2.15. The molecule has 0 fully saturated rings. The van der Waals surface area contributed by atoms with Gasteiger partial charge in [0.2, 0.25) is 0 Å². The summed E-state index contributed by atoms with van der Waals surface area (Å²) >= 11 is 3.13. The second-order valence-corrected chi connectivity index (χ2v) is 3.99. The number of ether oxygens (including phenoxy) is 2. The zero-order chi connectivity index (χ0) is 13.0. The molecule has 0 aromatic heterocycles. The molecule has 0 saturated carbocycles. The van der Waals surface area contributed by atoms with E-state index in [0.717, 1.165) is 0 Å². The van der Waals surface area contributed by atoms with E-state index in [1.807, 2.05) is 0 Å². The van der Waals surface area contributed by atoms with Crippen LogP contribution in [0, 0.1) is 5.82 Å². The van der Waals surface area contributed by atoms with E-state index < -0.39 is 17.9 Å². The summed E-state index contributed by atoms with van der Waals surface area (Å²) in [4.78, 5) is 11.4. The van der Waals surface area contributed by atoms with Crippen LogP contribution in [0.5, 0.6) is 5.75 Å². The predicted molar refractivity (Wildman–Crippen MR) is 62.2 cm³/mol. The number of esters is 1. The van der Waals surface area contributed by atoms with Crippen molar-refractivity contribution in [3.05, 3.63) is 28.0 Å². The van der Waals surface area contributed by atoms with Crippen LogP contribution in [0.4, 0.5) is 4.39 Å². The number of hydrogen-bond donors (Lipinski definition) is 1. The van der Waals surface area contributed by atoms with Crippen LogP contribution in [0.25, 0.3) is 0 Å². The van der Waals surface area contributed by atoms with Gasteiger partial charge in [-0.2, -0.15) is 0 Å². The van der Waals surface area contributed by atoms with Gasteiger partial charge in [0.15, 0.2) is 17.7 Å². The first-order valence-corrected chi connectivity index (χ1v) is 5.68. The van der Waals surface area contributed by atoms with E-state index in [2.05, 4.69) is 20.7 Å². The Hall–Kier alpha value is -1.14. The van der Waals surface area contributed by atoms with Crippen molar-refractivity contribution < 1.29 is 23.8 Å². The highest BCUT2D eigenvalue weighted by Crippen LogP contribution is 2.35. The molecule has 1 aromatic carbocycles. The van der Waals surface area contributed by atoms with Gasteiger partial charge in [0.25, 0.3) is 0 Å². The largest absolute Gasteiger partial charge is 0.493 e. The minimum absolute atomic E-state index is 0.0194. The number of carbonyl (C=O) groups is 1. The highest BCUT2D eigenvalue weighted by molar-refractivity contribution is 9.10. The third-order valence-electron chi connectivity index (χ3n) is 2.08. The molecule has 0 saturated heterocycles. The molecule has 6 heteroatoms. The molecule has 0 aliphatic rings. The van der Waals surface area contributed by atoms with E-state index in [0.29, 0.717) is 4.47 Å². The SMILES string of the molecule is CCOC(=O)C(O)c1c(Br)ccc(F)c1OC. The molecular formula is C11H12BrFO4. The summed E-state index contributed by atoms with van der Waals surface area (Å²) < 4.78 is 23.3. The molecule has 0 aliphatic carbocycles. The molecule has 0 amide bonds. The summed E-state index contributed by atoms with van der Waals surface area (Å²) in [6, 6.07) is 2.56. The number of aliphatic hydroxyl groups is 1. The summed E-state index contributed by atoms with van der Waals surface area (Å²) in [7, 11) is 1.26. The molecule has 0 radical (unpaired) electrons. The van der Waals surface area contributed by atoms with Crippen LogP contribution in [-0.4, -0.2) is 24.8 Å². The van der Waals surface area contributed by atoms with Crippen LogP contribution in [0.15, 0.2) is 16.6 Å². The van der Waals surface area contributed by atoms with Crippen LogP contribution in [0.3, 0.4) is 0 Å². The van der Waals surface area contributed by atoms with Crippen molar-refractivity contribution in [2.75, 3.05) is 13.7 Å². The molecule has 0 spiro atoms. The van der Waals surface area contributed by atoms with Gasteiger partial charge >= 0.3 is 5.97 Å². The Morgan fingerprint density at radius 1 is 1.59 bits per heavy atom. The summed E-state index contributed by atoms with van der Waals surface area (Å²) in [5, 5.41) is 9.79. The maximum atomic E-state index is 13.4. The Morgan fingerprint density at radius 2 is 2.24 bits per heavy atom. The average Bonchev–Trinajstić information content (AvgIpc) is 2.31. The molecule has 94 valence electrons. The first kappa shape index (κ1) is 13.9. The van der Waals surface area contributed by atoms with Crippen molar-refractivity contribution in [1.29, 1.82) is 0 Å². The maximum Gasteiger partial charge on any atom is 0.339 e. The molecular weight excluding hydrogens is 295 g/mol. The Morgan fingerprint density at radius 3 is 2.76 bits per heavy atom. The summed E-state index contributed by atoms with van der Waals surface area (Å²) in [5.74, 6) is -1.69.